The molecule has 9 nitrogen and oxygen atoms in total. The van der Waals surface area contributed by atoms with Gasteiger partial charge in [-0.2, -0.15) is 4.80 Å². The first-order valence-corrected chi connectivity index (χ1v) is 9.82. The predicted molar refractivity (Wildman–Crippen MR) is 110 cm³/mol. The van der Waals surface area contributed by atoms with E-state index in [0.717, 1.165) is 36.0 Å². The Morgan fingerprint density at radius 2 is 2.11 bits per heavy atom. The Morgan fingerprint density at radius 3 is 2.86 bits per heavy atom. The fourth-order valence-electron chi connectivity index (χ4n) is 3.81. The topological polar surface area (TPSA) is 125 Å². The summed E-state index contributed by atoms with van der Waals surface area (Å²) in [5, 5.41) is 24.7. The average molecular weight is 381 g/mol. The number of anilines is 1. The summed E-state index contributed by atoms with van der Waals surface area (Å²) >= 11 is 0. The van der Waals surface area contributed by atoms with Crippen LogP contribution in [0.3, 0.4) is 0 Å². The van der Waals surface area contributed by atoms with Crippen molar-refractivity contribution in [3.05, 3.63) is 23.8 Å². The normalized spacial score (nSPS) is 15.2. The van der Waals surface area contributed by atoms with Gasteiger partial charge in [-0.25, -0.2) is 0 Å². The number of H-pyrrole nitrogens is 1. The molecule has 148 valence electrons. The van der Waals surface area contributed by atoms with Crippen LogP contribution < -0.4 is 11.1 Å². The summed E-state index contributed by atoms with van der Waals surface area (Å²) in [5.41, 5.74) is 8.60. The maximum Gasteiger partial charge on any atom is 0.204 e. The van der Waals surface area contributed by atoms with Gasteiger partial charge >= 0.3 is 0 Å². The lowest BCUT2D eigenvalue weighted by Gasteiger charge is -2.26. The van der Waals surface area contributed by atoms with Crippen LogP contribution in [-0.4, -0.2) is 62.1 Å². The fraction of sp³-hybridized carbons (Fsp3) is 0.474. The highest BCUT2D eigenvalue weighted by Crippen LogP contribution is 2.27. The second-order valence-corrected chi connectivity index (χ2v) is 7.33. The van der Waals surface area contributed by atoms with E-state index in [1.807, 2.05) is 18.2 Å². The second kappa shape index (κ2) is 7.97. The molecule has 0 amide bonds. The largest absolute Gasteiger partial charge is 0.385 e. The van der Waals surface area contributed by atoms with Gasteiger partial charge in [0.25, 0.3) is 0 Å². The molecule has 0 spiro atoms. The third-order valence-electron chi connectivity index (χ3n) is 5.25. The van der Waals surface area contributed by atoms with Crippen LogP contribution in [0.5, 0.6) is 0 Å². The van der Waals surface area contributed by atoms with Crippen molar-refractivity contribution in [2.75, 3.05) is 31.9 Å². The number of amidine groups is 1. The Bertz CT molecular complexity index is 965. The third-order valence-corrected chi connectivity index (χ3v) is 5.25. The SMILES string of the molecule is Cn1nnc(-c2ccc3c(C(=N)NCCCN4CCCCC4)c(N)[nH]c3c2)n1. The lowest BCUT2D eigenvalue weighted by Crippen LogP contribution is -2.33. The van der Waals surface area contributed by atoms with Gasteiger partial charge in [0.15, 0.2) is 0 Å². The van der Waals surface area contributed by atoms with E-state index in [-0.39, 0.29) is 0 Å². The summed E-state index contributed by atoms with van der Waals surface area (Å²) in [4.78, 5) is 7.11. The molecule has 0 bridgehead atoms. The molecule has 2 aromatic heterocycles. The number of aromatic nitrogens is 5. The van der Waals surface area contributed by atoms with E-state index in [0.29, 0.717) is 23.0 Å². The minimum Gasteiger partial charge on any atom is -0.385 e. The van der Waals surface area contributed by atoms with Crippen molar-refractivity contribution in [2.45, 2.75) is 25.7 Å². The Kier molecular flexibility index (Phi) is 5.25. The van der Waals surface area contributed by atoms with Gasteiger partial charge in [0.1, 0.15) is 11.7 Å². The van der Waals surface area contributed by atoms with Crippen molar-refractivity contribution in [1.82, 2.24) is 35.4 Å². The monoisotopic (exact) mass is 381 g/mol. The molecule has 1 aromatic carbocycles. The molecule has 0 saturated carbocycles. The van der Waals surface area contributed by atoms with Gasteiger partial charge in [0.2, 0.25) is 5.82 Å². The fourth-order valence-corrected chi connectivity index (χ4v) is 3.81. The number of piperidine rings is 1. The van der Waals surface area contributed by atoms with E-state index < -0.39 is 0 Å². The standard InChI is InChI=1S/C19H27N9/c1-27-25-19(24-26-27)13-6-7-14-15(12-13)23-18(21)16(14)17(20)22-8-5-11-28-9-3-2-4-10-28/h6-7,12,23H,2-5,8-11,21H2,1H3,(H2,20,22). The number of aromatic amines is 1. The van der Waals surface area contributed by atoms with Crippen LogP contribution in [0.25, 0.3) is 22.3 Å². The number of nitrogens with two attached hydrogens (primary N) is 1. The molecule has 3 aromatic rings. The molecular formula is C19H27N9. The molecule has 1 aliphatic rings. The summed E-state index contributed by atoms with van der Waals surface area (Å²) in [7, 11) is 1.73. The summed E-state index contributed by atoms with van der Waals surface area (Å²) in [6, 6.07) is 5.82. The smallest absolute Gasteiger partial charge is 0.204 e. The molecule has 4 rings (SSSR count). The first-order chi connectivity index (χ1) is 13.6. The van der Waals surface area contributed by atoms with Crippen LogP contribution in [0, 0.1) is 5.41 Å². The zero-order valence-corrected chi connectivity index (χ0v) is 16.2. The van der Waals surface area contributed by atoms with Crippen molar-refractivity contribution in [3.63, 3.8) is 0 Å². The number of nitrogen functional groups attached to an aromatic ring is 1. The Balaban J connectivity index is 1.42. The minimum atomic E-state index is 0.354. The number of aryl methyl sites for hydroxylation is 1. The highest BCUT2D eigenvalue weighted by Gasteiger charge is 2.16. The summed E-state index contributed by atoms with van der Waals surface area (Å²) in [6.07, 6.45) is 4.99. The van der Waals surface area contributed by atoms with E-state index in [1.54, 1.807) is 7.05 Å². The molecular weight excluding hydrogens is 354 g/mol. The Labute approximate surface area is 163 Å². The molecule has 1 saturated heterocycles. The molecule has 0 radical (unpaired) electrons. The first kappa shape index (κ1) is 18.4. The maximum atomic E-state index is 8.45. The zero-order valence-electron chi connectivity index (χ0n) is 16.2. The van der Waals surface area contributed by atoms with Crippen molar-refractivity contribution < 1.29 is 0 Å². The number of hydrogen-bond donors (Lipinski definition) is 4. The van der Waals surface area contributed by atoms with Crippen LogP contribution >= 0.6 is 0 Å². The Hall–Kier alpha value is -2.94. The lowest BCUT2D eigenvalue weighted by atomic mass is 10.1. The van der Waals surface area contributed by atoms with Crippen LogP contribution in [0.1, 0.15) is 31.2 Å². The van der Waals surface area contributed by atoms with E-state index in [4.69, 9.17) is 11.1 Å². The summed E-state index contributed by atoms with van der Waals surface area (Å²) < 4.78 is 0. The van der Waals surface area contributed by atoms with Crippen molar-refractivity contribution in [2.24, 2.45) is 7.05 Å². The molecule has 0 unspecified atom stereocenters. The van der Waals surface area contributed by atoms with E-state index >= 15 is 0 Å². The van der Waals surface area contributed by atoms with E-state index in [1.165, 1.54) is 37.1 Å². The highest BCUT2D eigenvalue weighted by atomic mass is 15.6. The quantitative estimate of drug-likeness (QED) is 0.293. The highest BCUT2D eigenvalue weighted by molar-refractivity contribution is 6.12. The van der Waals surface area contributed by atoms with Crippen molar-refractivity contribution in [1.29, 1.82) is 5.41 Å². The van der Waals surface area contributed by atoms with Crippen LogP contribution in [0.4, 0.5) is 5.82 Å². The van der Waals surface area contributed by atoms with Crippen LogP contribution in [0.2, 0.25) is 0 Å². The number of hydrogen-bond acceptors (Lipinski definition) is 6. The van der Waals surface area contributed by atoms with Crippen LogP contribution in [0.15, 0.2) is 18.2 Å². The summed E-state index contributed by atoms with van der Waals surface area (Å²) in [5.74, 6) is 1.41. The Morgan fingerprint density at radius 1 is 1.29 bits per heavy atom. The van der Waals surface area contributed by atoms with Gasteiger partial charge < -0.3 is 20.9 Å². The van der Waals surface area contributed by atoms with Crippen LogP contribution in [-0.2, 0) is 7.05 Å². The molecule has 1 aliphatic heterocycles. The molecule has 1 fully saturated rings. The maximum absolute atomic E-state index is 8.45. The molecule has 5 N–H and O–H groups in total. The van der Waals surface area contributed by atoms with Crippen molar-refractivity contribution >= 4 is 22.6 Å². The third kappa shape index (κ3) is 3.84. The van der Waals surface area contributed by atoms with E-state index in [9.17, 15) is 0 Å². The molecule has 3 heterocycles. The number of nitrogens with zero attached hydrogens (tertiary/aromatic N) is 5. The molecule has 28 heavy (non-hydrogen) atoms. The molecule has 9 heteroatoms. The molecule has 0 aliphatic carbocycles. The van der Waals surface area contributed by atoms with Gasteiger partial charge in [-0.15, -0.1) is 10.2 Å². The van der Waals surface area contributed by atoms with Gasteiger partial charge in [-0.1, -0.05) is 18.6 Å². The minimum absolute atomic E-state index is 0.354. The second-order valence-electron chi connectivity index (χ2n) is 7.33. The number of fused-ring (bicyclic) bond motifs is 1. The average Bonchev–Trinajstić information content (AvgIpc) is 3.27. The number of likely N-dealkylation sites (tertiary alicyclic amines) is 1. The van der Waals surface area contributed by atoms with Gasteiger partial charge in [0.05, 0.1) is 12.6 Å². The van der Waals surface area contributed by atoms with Gasteiger partial charge in [-0.05, 0) is 50.2 Å². The zero-order chi connectivity index (χ0) is 19.5. The molecule has 0 atom stereocenters. The summed E-state index contributed by atoms with van der Waals surface area (Å²) in [6.45, 7) is 4.26. The number of nitrogens with one attached hydrogen (secondary N) is 3. The first-order valence-electron chi connectivity index (χ1n) is 9.82. The predicted octanol–water partition coefficient (Wildman–Crippen LogP) is 1.73. The van der Waals surface area contributed by atoms with Crippen molar-refractivity contribution in [3.8, 4) is 11.4 Å². The lowest BCUT2D eigenvalue weighted by molar-refractivity contribution is 0.227. The van der Waals surface area contributed by atoms with E-state index in [2.05, 4.69) is 30.6 Å². The number of benzene rings is 1. The number of tetrazole rings is 1. The number of rotatable bonds is 6. The van der Waals surface area contributed by atoms with Gasteiger partial charge in [-0.3, -0.25) is 5.41 Å². The van der Waals surface area contributed by atoms with Gasteiger partial charge in [0, 0.05) is 23.0 Å².